The Hall–Kier alpha value is -1.62. The number of carbonyl (C=O) groups is 2. The Labute approximate surface area is 252 Å². The summed E-state index contributed by atoms with van der Waals surface area (Å²) in [6.45, 7) is 7.80. The lowest BCUT2D eigenvalue weighted by atomic mass is 9.56. The first-order valence-corrected chi connectivity index (χ1v) is 17.0. The molecule has 0 N–H and O–H groups in total. The molecule has 41 heavy (non-hydrogen) atoms. The van der Waals surface area contributed by atoms with Crippen LogP contribution in [0.2, 0.25) is 0 Å². The van der Waals surface area contributed by atoms with E-state index in [1.807, 2.05) is 0 Å². The molecule has 5 nitrogen and oxygen atoms in total. The minimum atomic E-state index is -0.166. The minimum absolute atomic E-state index is 0.107. The van der Waals surface area contributed by atoms with Crippen LogP contribution in [0.15, 0.2) is 24.3 Å². The molecular formula is C36H62O5. The molecule has 236 valence electrons. The summed E-state index contributed by atoms with van der Waals surface area (Å²) < 4.78 is 16.6. The normalized spacial score (nSPS) is 25.0. The van der Waals surface area contributed by atoms with E-state index < -0.39 is 0 Å². The van der Waals surface area contributed by atoms with Gasteiger partial charge in [-0.1, -0.05) is 77.2 Å². The van der Waals surface area contributed by atoms with Crippen LogP contribution in [0.5, 0.6) is 0 Å². The highest BCUT2D eigenvalue weighted by Gasteiger charge is 2.45. The number of unbranched alkanes of at least 4 members (excludes halogenated alkanes) is 8. The lowest BCUT2D eigenvalue weighted by Crippen LogP contribution is -2.41. The van der Waals surface area contributed by atoms with E-state index in [2.05, 4.69) is 45.1 Å². The van der Waals surface area contributed by atoms with Gasteiger partial charge < -0.3 is 14.2 Å². The van der Waals surface area contributed by atoms with Crippen molar-refractivity contribution in [2.24, 2.45) is 29.1 Å². The molecule has 0 aromatic carbocycles. The van der Waals surface area contributed by atoms with Crippen molar-refractivity contribution < 1.29 is 23.8 Å². The second-order valence-electron chi connectivity index (χ2n) is 13.5. The molecule has 2 saturated carbocycles. The SMILES string of the molecule is CCCCC/C=C\C/C=C\CCCCCCCC(=O)OCC(COC)COC(=O)CC12CC(C)CC(CC(C)C1)C2. The molecular weight excluding hydrogens is 512 g/mol. The summed E-state index contributed by atoms with van der Waals surface area (Å²) in [5, 5.41) is 0. The van der Waals surface area contributed by atoms with Crippen molar-refractivity contribution in [3.63, 3.8) is 0 Å². The van der Waals surface area contributed by atoms with Gasteiger partial charge in [0.25, 0.3) is 0 Å². The summed E-state index contributed by atoms with van der Waals surface area (Å²) in [4.78, 5) is 25.1. The highest BCUT2D eigenvalue weighted by molar-refractivity contribution is 5.70. The molecule has 0 saturated heterocycles. The number of hydrogen-bond donors (Lipinski definition) is 0. The van der Waals surface area contributed by atoms with Gasteiger partial charge >= 0.3 is 11.9 Å². The van der Waals surface area contributed by atoms with Gasteiger partial charge in [0.2, 0.25) is 0 Å². The smallest absolute Gasteiger partial charge is 0.306 e. The summed E-state index contributed by atoms with van der Waals surface area (Å²) in [6.07, 6.45) is 28.9. The van der Waals surface area contributed by atoms with Crippen LogP contribution in [-0.2, 0) is 23.8 Å². The van der Waals surface area contributed by atoms with Crippen molar-refractivity contribution in [2.75, 3.05) is 26.9 Å². The van der Waals surface area contributed by atoms with Crippen LogP contribution >= 0.6 is 0 Å². The van der Waals surface area contributed by atoms with Gasteiger partial charge in [-0.2, -0.15) is 0 Å². The first kappa shape index (κ1) is 35.6. The van der Waals surface area contributed by atoms with Gasteiger partial charge in [-0.05, 0) is 93.8 Å². The maximum absolute atomic E-state index is 12.9. The van der Waals surface area contributed by atoms with Crippen LogP contribution in [0.1, 0.15) is 136 Å². The van der Waals surface area contributed by atoms with E-state index in [1.54, 1.807) is 7.11 Å². The number of hydrogen-bond acceptors (Lipinski definition) is 5. The molecule has 3 atom stereocenters. The van der Waals surface area contributed by atoms with Gasteiger partial charge in [0.15, 0.2) is 0 Å². The zero-order chi connectivity index (χ0) is 29.8. The molecule has 0 aliphatic heterocycles. The van der Waals surface area contributed by atoms with Crippen LogP contribution in [0.25, 0.3) is 0 Å². The van der Waals surface area contributed by atoms with E-state index in [4.69, 9.17) is 14.2 Å². The molecule has 3 unspecified atom stereocenters. The Bertz CT molecular complexity index is 752. The number of rotatable bonds is 22. The van der Waals surface area contributed by atoms with Gasteiger partial charge in [0.05, 0.1) is 32.2 Å². The molecule has 0 heterocycles. The highest BCUT2D eigenvalue weighted by atomic mass is 16.5. The molecule has 2 aliphatic carbocycles. The number of fused-ring (bicyclic) bond motifs is 2. The Morgan fingerprint density at radius 2 is 1.34 bits per heavy atom. The third-order valence-corrected chi connectivity index (χ3v) is 8.97. The maximum Gasteiger partial charge on any atom is 0.306 e. The van der Waals surface area contributed by atoms with E-state index in [1.165, 1.54) is 57.8 Å². The van der Waals surface area contributed by atoms with Crippen LogP contribution in [0.4, 0.5) is 0 Å². The highest BCUT2D eigenvalue weighted by Crippen LogP contribution is 2.54. The number of esters is 2. The van der Waals surface area contributed by atoms with Crippen LogP contribution < -0.4 is 0 Å². The predicted molar refractivity (Wildman–Crippen MR) is 169 cm³/mol. The Balaban J connectivity index is 1.52. The fraction of sp³-hybridized carbons (Fsp3) is 0.833. The van der Waals surface area contributed by atoms with E-state index in [-0.39, 0.29) is 36.5 Å². The molecule has 2 aliphatic rings. The molecule has 0 aromatic rings. The number of carbonyl (C=O) groups excluding carboxylic acids is 2. The summed E-state index contributed by atoms with van der Waals surface area (Å²) >= 11 is 0. The summed E-state index contributed by atoms with van der Waals surface area (Å²) in [7, 11) is 1.63. The van der Waals surface area contributed by atoms with Gasteiger partial charge in [0.1, 0.15) is 0 Å². The minimum Gasteiger partial charge on any atom is -0.465 e. The Morgan fingerprint density at radius 3 is 1.98 bits per heavy atom. The maximum atomic E-state index is 12.9. The van der Waals surface area contributed by atoms with Crippen LogP contribution in [-0.4, -0.2) is 38.9 Å². The molecule has 2 rings (SSSR count). The number of methoxy groups -OCH3 is 1. The number of ether oxygens (including phenoxy) is 3. The lowest BCUT2D eigenvalue weighted by molar-refractivity contribution is -0.153. The van der Waals surface area contributed by atoms with Crippen molar-refractivity contribution in [3.8, 4) is 0 Å². The zero-order valence-corrected chi connectivity index (χ0v) is 27.0. The van der Waals surface area contributed by atoms with Crippen LogP contribution in [0.3, 0.4) is 0 Å². The fourth-order valence-electron chi connectivity index (χ4n) is 7.44. The lowest BCUT2D eigenvalue weighted by Gasteiger charge is -2.49. The average molecular weight is 575 g/mol. The van der Waals surface area contributed by atoms with Crippen molar-refractivity contribution in [3.05, 3.63) is 24.3 Å². The van der Waals surface area contributed by atoms with E-state index >= 15 is 0 Å². The topological polar surface area (TPSA) is 61.8 Å². The predicted octanol–water partition coefficient (Wildman–Crippen LogP) is 9.39. The largest absolute Gasteiger partial charge is 0.465 e. The van der Waals surface area contributed by atoms with Gasteiger partial charge in [-0.3, -0.25) is 9.59 Å². The van der Waals surface area contributed by atoms with Crippen molar-refractivity contribution in [1.29, 1.82) is 0 Å². The van der Waals surface area contributed by atoms with Crippen molar-refractivity contribution in [2.45, 2.75) is 136 Å². The fourth-order valence-corrected chi connectivity index (χ4v) is 7.44. The number of allylic oxidation sites excluding steroid dienone is 4. The Kier molecular flexibility index (Phi) is 18.3. The third kappa shape index (κ3) is 16.0. The molecule has 0 aromatic heterocycles. The third-order valence-electron chi connectivity index (χ3n) is 8.97. The molecule has 0 amide bonds. The molecule has 5 heteroatoms. The van der Waals surface area contributed by atoms with E-state index in [0.29, 0.717) is 31.3 Å². The van der Waals surface area contributed by atoms with E-state index in [9.17, 15) is 9.59 Å². The van der Waals surface area contributed by atoms with Crippen LogP contribution in [0, 0.1) is 29.1 Å². The Morgan fingerprint density at radius 1 is 0.756 bits per heavy atom. The summed E-state index contributed by atoms with van der Waals surface area (Å²) in [5.41, 5.74) is 0.113. The average Bonchev–Trinajstić information content (AvgIpc) is 2.91. The quantitative estimate of drug-likeness (QED) is 0.0732. The summed E-state index contributed by atoms with van der Waals surface area (Å²) in [5.74, 6) is 1.74. The monoisotopic (exact) mass is 574 g/mol. The molecule has 0 radical (unpaired) electrons. The standard InChI is InChI=1S/C36H62O5/c1-5-6-7-8-9-10-11-12-13-14-15-16-17-18-19-20-34(37)40-28-33(27-39-4)29-41-35(38)26-36-23-30(2)21-32(25-36)22-31(3)24-36/h9-10,12-13,30-33H,5-8,11,14-29H2,1-4H3/b10-9-,13-12-. The molecule has 2 bridgehead atoms. The first-order valence-electron chi connectivity index (χ1n) is 17.0. The molecule has 2 fully saturated rings. The first-order chi connectivity index (χ1) is 19.9. The van der Waals surface area contributed by atoms with Crippen molar-refractivity contribution >= 4 is 11.9 Å². The van der Waals surface area contributed by atoms with Gasteiger partial charge in [-0.25, -0.2) is 0 Å². The second-order valence-corrected chi connectivity index (χ2v) is 13.5. The van der Waals surface area contributed by atoms with Crippen molar-refractivity contribution in [1.82, 2.24) is 0 Å². The van der Waals surface area contributed by atoms with Gasteiger partial charge in [-0.15, -0.1) is 0 Å². The molecule has 0 spiro atoms. The zero-order valence-electron chi connectivity index (χ0n) is 27.0. The summed E-state index contributed by atoms with van der Waals surface area (Å²) in [6, 6.07) is 0. The second kappa shape index (κ2) is 21.1. The van der Waals surface area contributed by atoms with Gasteiger partial charge in [0, 0.05) is 13.5 Å². The van der Waals surface area contributed by atoms with E-state index in [0.717, 1.165) is 50.9 Å².